The van der Waals surface area contributed by atoms with Crippen molar-refractivity contribution < 1.29 is 29.0 Å². The first kappa shape index (κ1) is 23.9. The minimum atomic E-state index is -1.42. The summed E-state index contributed by atoms with van der Waals surface area (Å²) in [5.74, 6) is -1.03. The van der Waals surface area contributed by atoms with Crippen LogP contribution in [0.15, 0.2) is 35.0 Å². The second-order valence-corrected chi connectivity index (χ2v) is 8.28. The molecule has 2 heterocycles. The number of nitrogens with two attached hydrogens (primary N) is 1. The van der Waals surface area contributed by atoms with Crippen molar-refractivity contribution in [1.82, 2.24) is 10.1 Å². The summed E-state index contributed by atoms with van der Waals surface area (Å²) in [5, 5.41) is 23.3. The highest BCUT2D eigenvalue weighted by Crippen LogP contribution is 2.36. The second-order valence-electron chi connectivity index (χ2n) is 7.88. The fourth-order valence-corrected chi connectivity index (χ4v) is 3.13. The van der Waals surface area contributed by atoms with Gasteiger partial charge in [-0.1, -0.05) is 22.8 Å². The largest absolute Gasteiger partial charge is 0.483 e. The van der Waals surface area contributed by atoms with E-state index >= 15 is 0 Å². The van der Waals surface area contributed by atoms with Crippen LogP contribution in [-0.4, -0.2) is 51.7 Å². The van der Waals surface area contributed by atoms with Crippen LogP contribution in [0.1, 0.15) is 42.8 Å². The highest BCUT2D eigenvalue weighted by Gasteiger charge is 2.29. The van der Waals surface area contributed by atoms with E-state index in [1.807, 2.05) is 26.0 Å². The van der Waals surface area contributed by atoms with E-state index in [4.69, 9.17) is 31.3 Å². The Kier molecular flexibility index (Phi) is 7.35. The third-order valence-corrected chi connectivity index (χ3v) is 5.40. The van der Waals surface area contributed by atoms with Crippen LogP contribution in [-0.2, 0) is 9.53 Å². The molecule has 0 aliphatic heterocycles. The number of carbonyl (C=O) groups is 1. The summed E-state index contributed by atoms with van der Waals surface area (Å²) in [6.07, 6.45) is 1.41. The van der Waals surface area contributed by atoms with Crippen LogP contribution >= 0.6 is 11.6 Å². The minimum Gasteiger partial charge on any atom is -0.483 e. The maximum atomic E-state index is 12.5. The monoisotopic (exact) mass is 463 g/mol. The van der Waals surface area contributed by atoms with Gasteiger partial charge in [0.05, 0.1) is 29.5 Å². The molecule has 2 atom stereocenters. The van der Waals surface area contributed by atoms with Gasteiger partial charge in [-0.3, -0.25) is 9.78 Å². The maximum absolute atomic E-state index is 12.5. The molecule has 172 valence electrons. The first-order valence-corrected chi connectivity index (χ1v) is 10.4. The number of halogens is 1. The van der Waals surface area contributed by atoms with Crippen molar-refractivity contribution in [2.75, 3.05) is 19.8 Å². The SMILES string of the molecule is Cc1ccc(C(C)Oc2cc3onc(C(C)C(=O)OCC(N)(CO)CO)c3cc2Cl)nc1. The van der Waals surface area contributed by atoms with Crippen LogP contribution in [0.5, 0.6) is 5.75 Å². The van der Waals surface area contributed by atoms with Gasteiger partial charge in [-0.15, -0.1) is 0 Å². The molecule has 0 saturated carbocycles. The van der Waals surface area contributed by atoms with Gasteiger partial charge in [0.15, 0.2) is 5.58 Å². The van der Waals surface area contributed by atoms with Gasteiger partial charge in [0.1, 0.15) is 30.1 Å². The van der Waals surface area contributed by atoms with E-state index in [0.717, 1.165) is 11.3 Å². The number of esters is 1. The molecule has 0 amide bonds. The van der Waals surface area contributed by atoms with Crippen LogP contribution in [0.2, 0.25) is 5.02 Å². The Bertz CT molecular complexity index is 1080. The van der Waals surface area contributed by atoms with E-state index in [-0.39, 0.29) is 12.7 Å². The molecule has 1 aromatic carbocycles. The Morgan fingerprint density at radius 1 is 1.28 bits per heavy atom. The van der Waals surface area contributed by atoms with E-state index in [1.54, 1.807) is 25.3 Å². The number of rotatable bonds is 9. The van der Waals surface area contributed by atoms with Crippen molar-refractivity contribution in [3.8, 4) is 5.75 Å². The third kappa shape index (κ3) is 5.18. The fraction of sp³-hybridized carbons (Fsp3) is 0.409. The summed E-state index contributed by atoms with van der Waals surface area (Å²) in [7, 11) is 0. The molecule has 10 heteroatoms. The number of aliphatic hydroxyl groups excluding tert-OH is 2. The number of aryl methyl sites for hydroxylation is 1. The van der Waals surface area contributed by atoms with E-state index in [9.17, 15) is 15.0 Å². The highest BCUT2D eigenvalue weighted by atomic mass is 35.5. The molecule has 9 nitrogen and oxygen atoms in total. The lowest BCUT2D eigenvalue weighted by molar-refractivity contribution is -0.148. The molecule has 2 aromatic heterocycles. The zero-order valence-corrected chi connectivity index (χ0v) is 18.8. The lowest BCUT2D eigenvalue weighted by Gasteiger charge is -2.24. The Hall–Kier alpha value is -2.72. The number of aromatic nitrogens is 2. The van der Waals surface area contributed by atoms with E-state index in [2.05, 4.69) is 10.1 Å². The molecule has 0 radical (unpaired) electrons. The van der Waals surface area contributed by atoms with Gasteiger partial charge in [0, 0.05) is 17.6 Å². The molecule has 2 unspecified atom stereocenters. The average molecular weight is 464 g/mol. The number of aliphatic hydroxyl groups is 2. The summed E-state index contributed by atoms with van der Waals surface area (Å²) in [6, 6.07) is 7.06. The fourth-order valence-electron chi connectivity index (χ4n) is 2.92. The maximum Gasteiger partial charge on any atom is 0.314 e. The van der Waals surface area contributed by atoms with Crippen molar-refractivity contribution in [3.63, 3.8) is 0 Å². The molecule has 0 saturated heterocycles. The summed E-state index contributed by atoms with van der Waals surface area (Å²) in [6.45, 7) is 4.00. The summed E-state index contributed by atoms with van der Waals surface area (Å²) in [5.41, 5.74) is 6.84. The molecule has 3 aromatic rings. The van der Waals surface area contributed by atoms with Crippen LogP contribution < -0.4 is 10.5 Å². The summed E-state index contributed by atoms with van der Waals surface area (Å²) in [4.78, 5) is 16.8. The predicted octanol–water partition coefficient (Wildman–Crippen LogP) is 2.65. The van der Waals surface area contributed by atoms with Gasteiger partial charge in [-0.25, -0.2) is 0 Å². The topological polar surface area (TPSA) is 141 Å². The van der Waals surface area contributed by atoms with E-state index in [1.165, 1.54) is 0 Å². The summed E-state index contributed by atoms with van der Waals surface area (Å²) >= 11 is 6.43. The summed E-state index contributed by atoms with van der Waals surface area (Å²) < 4.78 is 16.5. The lowest BCUT2D eigenvalue weighted by atomic mass is 10.0. The third-order valence-electron chi connectivity index (χ3n) is 5.10. The Balaban J connectivity index is 1.77. The molecule has 3 rings (SSSR count). The molecular formula is C22H26ClN3O6. The first-order chi connectivity index (χ1) is 15.2. The minimum absolute atomic E-state index is 0.322. The average Bonchev–Trinajstić information content (AvgIpc) is 3.19. The van der Waals surface area contributed by atoms with Crippen molar-refractivity contribution in [1.29, 1.82) is 0 Å². The van der Waals surface area contributed by atoms with Gasteiger partial charge in [-0.2, -0.15) is 0 Å². The first-order valence-electron chi connectivity index (χ1n) is 10.0. The molecule has 0 fully saturated rings. The van der Waals surface area contributed by atoms with Crippen molar-refractivity contribution in [2.24, 2.45) is 5.73 Å². The van der Waals surface area contributed by atoms with Crippen LogP contribution in [0.25, 0.3) is 11.0 Å². The second kappa shape index (κ2) is 9.83. The van der Waals surface area contributed by atoms with E-state index in [0.29, 0.717) is 27.4 Å². The molecule has 0 aliphatic rings. The van der Waals surface area contributed by atoms with Gasteiger partial charge < -0.3 is 29.9 Å². The number of hydrogen-bond acceptors (Lipinski definition) is 9. The highest BCUT2D eigenvalue weighted by molar-refractivity contribution is 6.32. The predicted molar refractivity (Wildman–Crippen MR) is 118 cm³/mol. The number of fused-ring (bicyclic) bond motifs is 1. The van der Waals surface area contributed by atoms with Crippen molar-refractivity contribution in [2.45, 2.75) is 38.3 Å². The van der Waals surface area contributed by atoms with E-state index < -0.39 is 30.6 Å². The standard InChI is InChI=1S/C22H26ClN3O6/c1-12-4-5-17(25-8-12)14(3)31-19-7-18-15(6-16(19)23)20(26-32-18)13(2)21(29)30-11-22(24,9-27)10-28/h4-8,13-14,27-28H,9-11,24H2,1-3H3. The van der Waals surface area contributed by atoms with Crippen molar-refractivity contribution >= 4 is 28.5 Å². The van der Waals surface area contributed by atoms with Crippen LogP contribution in [0.4, 0.5) is 0 Å². The number of carbonyl (C=O) groups excluding carboxylic acids is 1. The molecule has 0 spiro atoms. The van der Waals surface area contributed by atoms with Gasteiger partial charge in [0.2, 0.25) is 0 Å². The number of ether oxygens (including phenoxy) is 2. The Labute approximate surface area is 190 Å². The normalized spacial score (nSPS) is 13.7. The molecular weight excluding hydrogens is 438 g/mol. The zero-order chi connectivity index (χ0) is 23.5. The zero-order valence-electron chi connectivity index (χ0n) is 18.0. The molecule has 32 heavy (non-hydrogen) atoms. The smallest absolute Gasteiger partial charge is 0.314 e. The number of nitrogens with zero attached hydrogens (tertiary/aromatic N) is 2. The number of pyridine rings is 1. The Morgan fingerprint density at radius 3 is 2.62 bits per heavy atom. The molecule has 4 N–H and O–H groups in total. The number of benzene rings is 1. The lowest BCUT2D eigenvalue weighted by Crippen LogP contribution is -2.52. The van der Waals surface area contributed by atoms with Crippen LogP contribution in [0.3, 0.4) is 0 Å². The quantitative estimate of drug-likeness (QED) is 0.408. The van der Waals surface area contributed by atoms with Crippen LogP contribution in [0, 0.1) is 6.92 Å². The Morgan fingerprint density at radius 2 is 2.00 bits per heavy atom. The van der Waals surface area contributed by atoms with Crippen molar-refractivity contribution in [3.05, 3.63) is 52.4 Å². The molecule has 0 aliphatic carbocycles. The molecule has 0 bridgehead atoms. The van der Waals surface area contributed by atoms with Gasteiger partial charge in [0.25, 0.3) is 0 Å². The number of hydrogen-bond donors (Lipinski definition) is 3. The van der Waals surface area contributed by atoms with Gasteiger partial charge in [-0.05, 0) is 38.5 Å². The van der Waals surface area contributed by atoms with Gasteiger partial charge >= 0.3 is 5.97 Å².